The molecule has 0 fully saturated rings. The molecule has 0 aliphatic carbocycles. The van der Waals surface area contributed by atoms with E-state index in [0.29, 0.717) is 6.61 Å². The van der Waals surface area contributed by atoms with Crippen molar-refractivity contribution < 1.29 is 4.74 Å². The van der Waals surface area contributed by atoms with Gasteiger partial charge < -0.3 is 4.74 Å². The average Bonchev–Trinajstić information content (AvgIpc) is 2.63. The number of rotatable bonds is 2. The first-order chi connectivity index (χ1) is 6.74. The molecule has 1 aromatic heterocycles. The zero-order chi connectivity index (χ0) is 10.1. The lowest BCUT2D eigenvalue weighted by atomic mass is 10.1. The van der Waals surface area contributed by atoms with Crippen molar-refractivity contribution in [1.29, 1.82) is 0 Å². The van der Waals surface area contributed by atoms with Gasteiger partial charge in [0.15, 0.2) is 0 Å². The predicted molar refractivity (Wildman–Crippen MR) is 62.7 cm³/mol. The summed E-state index contributed by atoms with van der Waals surface area (Å²) in [5.41, 5.74) is 1.17. The molecule has 0 radical (unpaired) electrons. The van der Waals surface area contributed by atoms with Crippen molar-refractivity contribution in [2.45, 2.75) is 13.8 Å². The van der Waals surface area contributed by atoms with Gasteiger partial charge in [0.25, 0.3) is 0 Å². The summed E-state index contributed by atoms with van der Waals surface area (Å²) in [6.45, 7) is 4.72. The number of benzene rings is 1. The van der Waals surface area contributed by atoms with E-state index < -0.39 is 0 Å². The molecule has 0 amide bonds. The molecule has 0 spiro atoms. The van der Waals surface area contributed by atoms with Crippen LogP contribution >= 0.6 is 22.9 Å². The van der Waals surface area contributed by atoms with Gasteiger partial charge in [-0.1, -0.05) is 11.6 Å². The van der Waals surface area contributed by atoms with Crippen LogP contribution in [0.1, 0.15) is 12.5 Å². The minimum Gasteiger partial charge on any atom is -0.494 e. The minimum absolute atomic E-state index is 0.673. The maximum atomic E-state index is 6.14. The first-order valence-corrected chi connectivity index (χ1v) is 5.79. The quantitative estimate of drug-likeness (QED) is 0.744. The molecule has 0 aliphatic rings. The highest BCUT2D eigenvalue weighted by atomic mass is 35.5. The largest absolute Gasteiger partial charge is 0.494 e. The highest BCUT2D eigenvalue weighted by molar-refractivity contribution is 7.17. The molecule has 2 aromatic rings. The van der Waals surface area contributed by atoms with E-state index in [1.807, 2.05) is 13.0 Å². The molecule has 1 nitrogen and oxygen atoms in total. The molecular weight excluding hydrogens is 216 g/mol. The molecule has 2 rings (SSSR count). The van der Waals surface area contributed by atoms with Crippen LogP contribution in [0.25, 0.3) is 10.1 Å². The molecule has 0 aliphatic heterocycles. The fourth-order valence-electron chi connectivity index (χ4n) is 1.52. The number of aryl methyl sites for hydroxylation is 1. The van der Waals surface area contributed by atoms with Crippen molar-refractivity contribution in [3.63, 3.8) is 0 Å². The fourth-order valence-corrected chi connectivity index (χ4v) is 2.71. The topological polar surface area (TPSA) is 9.23 Å². The molecular formula is C11H11ClOS. The monoisotopic (exact) mass is 226 g/mol. The molecule has 1 aromatic carbocycles. The summed E-state index contributed by atoms with van der Waals surface area (Å²) in [6.07, 6.45) is 0. The zero-order valence-corrected chi connectivity index (χ0v) is 9.71. The van der Waals surface area contributed by atoms with Gasteiger partial charge in [0, 0.05) is 11.5 Å². The van der Waals surface area contributed by atoms with Crippen molar-refractivity contribution in [3.8, 4) is 5.75 Å². The SMILES string of the molecule is CCOc1cc(Cl)c2sccc2c1C. The number of halogens is 1. The van der Waals surface area contributed by atoms with Gasteiger partial charge in [-0.15, -0.1) is 11.3 Å². The van der Waals surface area contributed by atoms with Crippen molar-refractivity contribution in [2.75, 3.05) is 6.61 Å². The van der Waals surface area contributed by atoms with Crippen molar-refractivity contribution in [1.82, 2.24) is 0 Å². The van der Waals surface area contributed by atoms with Gasteiger partial charge >= 0.3 is 0 Å². The van der Waals surface area contributed by atoms with E-state index in [1.165, 1.54) is 10.9 Å². The Kier molecular flexibility index (Phi) is 2.66. The van der Waals surface area contributed by atoms with E-state index in [4.69, 9.17) is 16.3 Å². The number of fused-ring (bicyclic) bond motifs is 1. The molecule has 14 heavy (non-hydrogen) atoms. The first-order valence-electron chi connectivity index (χ1n) is 4.53. The summed E-state index contributed by atoms with van der Waals surface area (Å²) in [5, 5.41) is 4.04. The Morgan fingerprint density at radius 1 is 1.50 bits per heavy atom. The molecule has 0 atom stereocenters. The third-order valence-corrected chi connectivity index (χ3v) is 3.57. The number of ether oxygens (including phenoxy) is 1. The maximum Gasteiger partial charge on any atom is 0.124 e. The van der Waals surface area contributed by atoms with Crippen LogP contribution in [0.3, 0.4) is 0 Å². The Labute approximate surface area is 92.3 Å². The van der Waals surface area contributed by atoms with E-state index in [9.17, 15) is 0 Å². The third-order valence-electron chi connectivity index (χ3n) is 2.21. The Hall–Kier alpha value is -0.730. The lowest BCUT2D eigenvalue weighted by molar-refractivity contribution is 0.338. The summed E-state index contributed by atoms with van der Waals surface area (Å²) < 4.78 is 6.66. The highest BCUT2D eigenvalue weighted by Gasteiger charge is 2.09. The van der Waals surface area contributed by atoms with Crippen LogP contribution in [-0.2, 0) is 0 Å². The summed E-state index contributed by atoms with van der Waals surface area (Å²) in [6, 6.07) is 3.99. The van der Waals surface area contributed by atoms with E-state index in [0.717, 1.165) is 15.5 Å². The van der Waals surface area contributed by atoms with E-state index in [2.05, 4.69) is 18.4 Å². The van der Waals surface area contributed by atoms with Gasteiger partial charge in [-0.2, -0.15) is 0 Å². The average molecular weight is 227 g/mol. The molecule has 0 unspecified atom stereocenters. The standard InChI is InChI=1S/C11H11ClOS/c1-3-13-10-6-9(12)11-8(7(10)2)4-5-14-11/h4-6H,3H2,1-2H3. The smallest absolute Gasteiger partial charge is 0.124 e. The third kappa shape index (κ3) is 1.49. The van der Waals surface area contributed by atoms with Gasteiger partial charge in [-0.25, -0.2) is 0 Å². The number of hydrogen-bond acceptors (Lipinski definition) is 2. The van der Waals surface area contributed by atoms with Crippen molar-refractivity contribution in [2.24, 2.45) is 0 Å². The lowest BCUT2D eigenvalue weighted by Crippen LogP contribution is -1.93. The molecule has 74 valence electrons. The summed E-state index contributed by atoms with van der Waals surface area (Å²) >= 11 is 7.81. The fraction of sp³-hybridized carbons (Fsp3) is 0.273. The summed E-state index contributed by atoms with van der Waals surface area (Å²) in [4.78, 5) is 0. The maximum absolute atomic E-state index is 6.14. The number of thiophene rings is 1. The van der Waals surface area contributed by atoms with Crippen LogP contribution in [0.4, 0.5) is 0 Å². The van der Waals surface area contributed by atoms with Crippen LogP contribution in [0.2, 0.25) is 5.02 Å². The van der Waals surface area contributed by atoms with Gasteiger partial charge in [0.05, 0.1) is 16.3 Å². The van der Waals surface area contributed by atoms with Gasteiger partial charge in [0.1, 0.15) is 5.75 Å². The van der Waals surface area contributed by atoms with Crippen molar-refractivity contribution >= 4 is 33.0 Å². The van der Waals surface area contributed by atoms with E-state index in [-0.39, 0.29) is 0 Å². The highest BCUT2D eigenvalue weighted by Crippen LogP contribution is 2.36. The summed E-state index contributed by atoms with van der Waals surface area (Å²) in [5.74, 6) is 0.892. The first kappa shape index (κ1) is 9.81. The van der Waals surface area contributed by atoms with Crippen LogP contribution in [0, 0.1) is 6.92 Å². The van der Waals surface area contributed by atoms with Crippen LogP contribution in [-0.4, -0.2) is 6.61 Å². The second-order valence-corrected chi connectivity index (χ2v) is 4.40. The van der Waals surface area contributed by atoms with E-state index in [1.54, 1.807) is 11.3 Å². The van der Waals surface area contributed by atoms with E-state index >= 15 is 0 Å². The van der Waals surface area contributed by atoms with Crippen LogP contribution in [0.15, 0.2) is 17.5 Å². The lowest BCUT2D eigenvalue weighted by Gasteiger charge is -2.08. The zero-order valence-electron chi connectivity index (χ0n) is 8.13. The van der Waals surface area contributed by atoms with Crippen LogP contribution in [0.5, 0.6) is 5.75 Å². The van der Waals surface area contributed by atoms with Crippen molar-refractivity contribution in [3.05, 3.63) is 28.1 Å². The molecule has 0 saturated heterocycles. The second-order valence-electron chi connectivity index (χ2n) is 3.08. The predicted octanol–water partition coefficient (Wildman–Crippen LogP) is 4.26. The molecule has 0 N–H and O–H groups in total. The molecule has 1 heterocycles. The minimum atomic E-state index is 0.673. The normalized spacial score (nSPS) is 10.8. The number of hydrogen-bond donors (Lipinski definition) is 0. The molecule has 3 heteroatoms. The Balaban J connectivity index is 2.68. The van der Waals surface area contributed by atoms with Crippen LogP contribution < -0.4 is 4.74 Å². The Morgan fingerprint density at radius 3 is 3.00 bits per heavy atom. The van der Waals surface area contributed by atoms with Gasteiger partial charge in [-0.05, 0) is 30.9 Å². The molecule has 0 saturated carbocycles. The Bertz CT molecular complexity index is 462. The van der Waals surface area contributed by atoms with Gasteiger partial charge in [-0.3, -0.25) is 0 Å². The second kappa shape index (κ2) is 3.79. The summed E-state index contributed by atoms with van der Waals surface area (Å²) in [7, 11) is 0. The van der Waals surface area contributed by atoms with Gasteiger partial charge in [0.2, 0.25) is 0 Å². The molecule has 0 bridgehead atoms. The Morgan fingerprint density at radius 2 is 2.29 bits per heavy atom.